The van der Waals surface area contributed by atoms with Gasteiger partial charge in [0.1, 0.15) is 11.4 Å². The molecule has 0 bridgehead atoms. The van der Waals surface area contributed by atoms with Crippen molar-refractivity contribution in [2.24, 2.45) is 11.8 Å². The zero-order valence-electron chi connectivity index (χ0n) is 16.5. The van der Waals surface area contributed by atoms with Crippen LogP contribution in [0.2, 0.25) is 0 Å². The first-order valence-electron chi connectivity index (χ1n) is 9.46. The van der Waals surface area contributed by atoms with Gasteiger partial charge in [-0.05, 0) is 54.1 Å². The first-order valence-corrected chi connectivity index (χ1v) is 11.7. The van der Waals surface area contributed by atoms with Crippen molar-refractivity contribution in [1.82, 2.24) is 5.32 Å². The maximum absolute atomic E-state index is 13.6. The monoisotopic (exact) mass is 448 g/mol. The lowest BCUT2D eigenvalue weighted by atomic mass is 9.78. The number of benzene rings is 1. The Morgan fingerprint density at radius 1 is 1.27 bits per heavy atom. The van der Waals surface area contributed by atoms with Gasteiger partial charge in [0.05, 0.1) is 30.7 Å². The highest BCUT2D eigenvalue weighted by Gasteiger charge is 2.68. The SMILES string of the molecule is COC(=O)[C@@]1(CCSC)N[C@@H](c2cccs2)[C@H]2C(=O)N(c3ccc(F)cc3)C(=O)[C@@H]21. The summed E-state index contributed by atoms with van der Waals surface area (Å²) in [5, 5.41) is 5.22. The van der Waals surface area contributed by atoms with E-state index in [2.05, 4.69) is 5.32 Å². The van der Waals surface area contributed by atoms with E-state index >= 15 is 0 Å². The van der Waals surface area contributed by atoms with Crippen LogP contribution in [0.15, 0.2) is 41.8 Å². The fourth-order valence-corrected chi connectivity index (χ4v) is 5.87. The van der Waals surface area contributed by atoms with E-state index in [0.717, 1.165) is 9.78 Å². The van der Waals surface area contributed by atoms with Crippen LogP contribution in [0.4, 0.5) is 10.1 Å². The molecule has 4 atom stereocenters. The number of hydrogen-bond donors (Lipinski definition) is 1. The van der Waals surface area contributed by atoms with Crippen molar-refractivity contribution in [2.75, 3.05) is 24.0 Å². The summed E-state index contributed by atoms with van der Waals surface area (Å²) in [5.74, 6) is -2.90. The highest BCUT2D eigenvalue weighted by molar-refractivity contribution is 7.98. The maximum Gasteiger partial charge on any atom is 0.326 e. The molecule has 0 saturated carbocycles. The van der Waals surface area contributed by atoms with Gasteiger partial charge in [0.15, 0.2) is 0 Å². The summed E-state index contributed by atoms with van der Waals surface area (Å²) in [7, 11) is 1.29. The van der Waals surface area contributed by atoms with Gasteiger partial charge in [-0.25, -0.2) is 9.29 Å². The first kappa shape index (κ1) is 21.0. The van der Waals surface area contributed by atoms with E-state index in [-0.39, 0.29) is 0 Å². The van der Waals surface area contributed by atoms with Crippen LogP contribution in [0.1, 0.15) is 17.3 Å². The van der Waals surface area contributed by atoms with E-state index in [1.807, 2.05) is 23.8 Å². The lowest BCUT2D eigenvalue weighted by Gasteiger charge is -2.32. The Labute approximate surface area is 181 Å². The van der Waals surface area contributed by atoms with Crippen molar-refractivity contribution in [3.05, 3.63) is 52.5 Å². The molecule has 4 rings (SSSR count). The molecular formula is C21H21FN2O4S2. The molecule has 9 heteroatoms. The van der Waals surface area contributed by atoms with Crippen molar-refractivity contribution in [3.8, 4) is 0 Å². The van der Waals surface area contributed by atoms with Crippen LogP contribution in [0.3, 0.4) is 0 Å². The van der Waals surface area contributed by atoms with Crippen LogP contribution >= 0.6 is 23.1 Å². The normalized spacial score (nSPS) is 28.1. The third-order valence-electron chi connectivity index (χ3n) is 5.84. The number of fused-ring (bicyclic) bond motifs is 1. The largest absolute Gasteiger partial charge is 0.468 e. The Morgan fingerprint density at radius 2 is 2.00 bits per heavy atom. The summed E-state index contributed by atoms with van der Waals surface area (Å²) >= 11 is 3.02. The molecule has 2 saturated heterocycles. The Hall–Kier alpha value is -2.23. The van der Waals surface area contributed by atoms with Crippen molar-refractivity contribution in [1.29, 1.82) is 0 Å². The fraction of sp³-hybridized carbons (Fsp3) is 0.381. The Morgan fingerprint density at radius 3 is 2.60 bits per heavy atom. The van der Waals surface area contributed by atoms with Crippen molar-refractivity contribution in [2.45, 2.75) is 18.0 Å². The predicted molar refractivity (Wildman–Crippen MR) is 114 cm³/mol. The summed E-state index contributed by atoms with van der Waals surface area (Å²) in [4.78, 5) is 42.0. The third-order valence-corrected chi connectivity index (χ3v) is 7.41. The van der Waals surface area contributed by atoms with Crippen LogP contribution in [0, 0.1) is 17.7 Å². The fourth-order valence-electron chi connectivity index (χ4n) is 4.52. The smallest absolute Gasteiger partial charge is 0.326 e. The van der Waals surface area contributed by atoms with Crippen LogP contribution in [-0.2, 0) is 19.1 Å². The molecule has 2 aliphatic rings. The number of amides is 2. The lowest BCUT2D eigenvalue weighted by Crippen LogP contribution is -2.56. The van der Waals surface area contributed by atoms with Gasteiger partial charge in [-0.1, -0.05) is 6.07 Å². The summed E-state index contributed by atoms with van der Waals surface area (Å²) in [6, 6.07) is 8.50. The average Bonchev–Trinajstić information content (AvgIpc) is 3.44. The molecule has 30 heavy (non-hydrogen) atoms. The van der Waals surface area contributed by atoms with E-state index in [1.54, 1.807) is 11.8 Å². The minimum absolute atomic E-state index is 0.300. The number of esters is 1. The summed E-state index contributed by atoms with van der Waals surface area (Å²) < 4.78 is 18.5. The molecule has 0 aliphatic carbocycles. The summed E-state index contributed by atoms with van der Waals surface area (Å²) in [6.07, 6.45) is 2.26. The van der Waals surface area contributed by atoms with Gasteiger partial charge in [0.25, 0.3) is 0 Å². The number of carbonyl (C=O) groups is 3. The molecular weight excluding hydrogens is 427 g/mol. The molecule has 2 aromatic rings. The van der Waals surface area contributed by atoms with Crippen molar-refractivity contribution in [3.63, 3.8) is 0 Å². The van der Waals surface area contributed by atoms with E-state index in [9.17, 15) is 18.8 Å². The maximum atomic E-state index is 13.6. The minimum atomic E-state index is -1.31. The highest BCUT2D eigenvalue weighted by Crippen LogP contribution is 2.52. The molecule has 3 heterocycles. The second kappa shape index (κ2) is 8.13. The van der Waals surface area contributed by atoms with E-state index in [4.69, 9.17) is 4.74 Å². The standard InChI is InChI=1S/C21H21FN2O4S2/c1-28-20(27)21(9-11-29-2)16-15(17(23-21)14-4-3-10-30-14)18(25)24(19(16)26)13-7-5-12(22)6-8-13/h3-8,10,15-17,23H,9,11H2,1-2H3/t15-,16+,17-,21-/m0/s1. The molecule has 2 amide bonds. The van der Waals surface area contributed by atoms with Crippen LogP contribution in [-0.4, -0.2) is 42.4 Å². The second-order valence-electron chi connectivity index (χ2n) is 7.33. The topological polar surface area (TPSA) is 75.7 Å². The molecule has 1 N–H and O–H groups in total. The van der Waals surface area contributed by atoms with E-state index in [1.165, 1.54) is 42.7 Å². The Balaban J connectivity index is 1.83. The highest BCUT2D eigenvalue weighted by atomic mass is 32.2. The molecule has 0 radical (unpaired) electrons. The summed E-state index contributed by atoms with van der Waals surface area (Å²) in [5.41, 5.74) is -1.01. The number of carbonyl (C=O) groups excluding carboxylic acids is 3. The zero-order valence-corrected chi connectivity index (χ0v) is 18.1. The van der Waals surface area contributed by atoms with Gasteiger partial charge >= 0.3 is 5.97 Å². The number of halogens is 1. The molecule has 6 nitrogen and oxygen atoms in total. The number of imide groups is 1. The van der Waals surface area contributed by atoms with Crippen LogP contribution in [0.5, 0.6) is 0 Å². The van der Waals surface area contributed by atoms with Gasteiger partial charge in [-0.15, -0.1) is 11.3 Å². The average molecular weight is 449 g/mol. The molecule has 0 unspecified atom stereocenters. The number of nitrogens with zero attached hydrogens (tertiary/aromatic N) is 1. The number of methoxy groups -OCH3 is 1. The van der Waals surface area contributed by atoms with Gasteiger partial charge in [-0.2, -0.15) is 11.8 Å². The lowest BCUT2D eigenvalue weighted by molar-refractivity contribution is -0.152. The Kier molecular flexibility index (Phi) is 5.69. The number of nitrogens with one attached hydrogen (secondary N) is 1. The minimum Gasteiger partial charge on any atom is -0.468 e. The van der Waals surface area contributed by atoms with Gasteiger partial charge in [0.2, 0.25) is 11.8 Å². The number of rotatable bonds is 6. The van der Waals surface area contributed by atoms with E-state index < -0.39 is 47.0 Å². The second-order valence-corrected chi connectivity index (χ2v) is 9.30. The quantitative estimate of drug-likeness (QED) is 0.541. The molecule has 1 aromatic carbocycles. The molecule has 0 spiro atoms. The number of anilines is 1. The number of thioether (sulfide) groups is 1. The number of thiophene rings is 1. The van der Waals surface area contributed by atoms with Gasteiger partial charge < -0.3 is 4.74 Å². The number of ether oxygens (including phenoxy) is 1. The van der Waals surface area contributed by atoms with Gasteiger partial charge in [0, 0.05) is 4.88 Å². The van der Waals surface area contributed by atoms with Crippen LogP contribution < -0.4 is 10.2 Å². The predicted octanol–water partition coefficient (Wildman–Crippen LogP) is 3.00. The first-order chi connectivity index (χ1) is 14.4. The molecule has 2 aliphatic heterocycles. The van der Waals surface area contributed by atoms with Crippen molar-refractivity contribution < 1.29 is 23.5 Å². The van der Waals surface area contributed by atoms with Crippen LogP contribution in [0.25, 0.3) is 0 Å². The number of hydrogen-bond acceptors (Lipinski definition) is 7. The summed E-state index contributed by atoms with van der Waals surface area (Å²) in [6.45, 7) is 0. The molecule has 2 fully saturated rings. The molecule has 1 aromatic heterocycles. The van der Waals surface area contributed by atoms with E-state index in [0.29, 0.717) is 17.9 Å². The molecule has 158 valence electrons. The Bertz CT molecular complexity index is 966. The zero-order chi connectivity index (χ0) is 21.5. The van der Waals surface area contributed by atoms with Crippen molar-refractivity contribution >= 4 is 46.6 Å². The van der Waals surface area contributed by atoms with Gasteiger partial charge in [-0.3, -0.25) is 19.7 Å². The third kappa shape index (κ3) is 3.16.